The van der Waals surface area contributed by atoms with Gasteiger partial charge in [-0.15, -0.1) is 0 Å². The molecule has 3 unspecified atom stereocenters. The smallest absolute Gasteiger partial charge is 0.308 e. The van der Waals surface area contributed by atoms with Crippen LogP contribution in [0.1, 0.15) is 36.0 Å². The molecule has 2 fully saturated rings. The molecule has 1 heterocycles. The molecule has 1 saturated carbocycles. The molecule has 1 aliphatic heterocycles. The highest BCUT2D eigenvalue weighted by Gasteiger charge is 2.46. The number of benzene rings is 1. The second-order valence-corrected chi connectivity index (χ2v) is 9.85. The molecule has 0 radical (unpaired) electrons. The van der Waals surface area contributed by atoms with Gasteiger partial charge >= 0.3 is 5.97 Å². The van der Waals surface area contributed by atoms with Gasteiger partial charge in [0, 0.05) is 32.4 Å². The van der Waals surface area contributed by atoms with Gasteiger partial charge in [-0.2, -0.15) is 4.31 Å². The van der Waals surface area contributed by atoms with Crippen LogP contribution in [0.3, 0.4) is 0 Å². The second-order valence-electron chi connectivity index (χ2n) is 7.61. The van der Waals surface area contributed by atoms with Crippen molar-refractivity contribution in [3.63, 3.8) is 0 Å². The van der Waals surface area contributed by atoms with Gasteiger partial charge in [-0.05, 0) is 61.4 Å². The van der Waals surface area contributed by atoms with Gasteiger partial charge in [-0.1, -0.05) is 0 Å². The maximum absolute atomic E-state index is 13.3. The molecule has 3 rings (SSSR count). The topological polar surface area (TPSA) is 84.0 Å². The van der Waals surface area contributed by atoms with E-state index in [9.17, 15) is 18.0 Å². The second kappa shape index (κ2) is 8.00. The lowest BCUT2D eigenvalue weighted by molar-refractivity contribution is -0.147. The van der Waals surface area contributed by atoms with Crippen molar-refractivity contribution >= 4 is 38.5 Å². The molecule has 0 spiro atoms. The molecule has 1 saturated heterocycles. The van der Waals surface area contributed by atoms with Crippen LogP contribution < -0.4 is 4.90 Å². The Morgan fingerprint density at radius 2 is 1.93 bits per heavy atom. The molecule has 0 bridgehead atoms. The first kappa shape index (κ1) is 21.1. The van der Waals surface area contributed by atoms with Crippen molar-refractivity contribution in [3.8, 4) is 0 Å². The minimum Gasteiger partial charge on any atom is -0.469 e. The SMILES string of the molecule is COC(=O)C1CCC2C(CCN2S(=O)(=O)c2ccc(N(C)C)c(C(=O)Cl)c2)C1. The lowest BCUT2D eigenvalue weighted by Gasteiger charge is -2.34. The highest BCUT2D eigenvalue weighted by molar-refractivity contribution is 7.89. The fourth-order valence-corrected chi connectivity index (χ4v) is 6.34. The predicted octanol–water partition coefficient (Wildman–Crippen LogP) is 2.48. The summed E-state index contributed by atoms with van der Waals surface area (Å²) >= 11 is 5.69. The Bertz CT molecular complexity index is 886. The van der Waals surface area contributed by atoms with Gasteiger partial charge in [0.25, 0.3) is 5.24 Å². The predicted molar refractivity (Wildman–Crippen MR) is 106 cm³/mol. The Morgan fingerprint density at radius 3 is 2.54 bits per heavy atom. The fourth-order valence-electron chi connectivity index (χ4n) is 4.43. The lowest BCUT2D eigenvalue weighted by Crippen LogP contribution is -2.41. The molecule has 2 aliphatic rings. The molecule has 28 heavy (non-hydrogen) atoms. The number of carbonyl (C=O) groups is 2. The van der Waals surface area contributed by atoms with E-state index in [-0.39, 0.29) is 34.3 Å². The highest BCUT2D eigenvalue weighted by Crippen LogP contribution is 2.42. The van der Waals surface area contributed by atoms with Gasteiger partial charge in [0.15, 0.2) is 0 Å². The van der Waals surface area contributed by atoms with Crippen molar-refractivity contribution in [3.05, 3.63) is 23.8 Å². The van der Waals surface area contributed by atoms with Crippen LogP contribution in [-0.2, 0) is 19.6 Å². The van der Waals surface area contributed by atoms with E-state index in [1.807, 2.05) is 0 Å². The standard InChI is InChI=1S/C19H25ClN2O5S/c1-21(2)17-7-5-14(11-15(17)18(20)23)28(25,26)22-9-8-12-10-13(19(24)27-3)4-6-16(12)22/h5,7,11-13,16H,4,6,8-10H2,1-3H3. The Morgan fingerprint density at radius 1 is 1.21 bits per heavy atom. The van der Waals surface area contributed by atoms with Crippen molar-refractivity contribution in [2.75, 3.05) is 32.6 Å². The zero-order valence-corrected chi connectivity index (χ0v) is 17.8. The lowest BCUT2D eigenvalue weighted by atomic mass is 9.78. The highest BCUT2D eigenvalue weighted by atomic mass is 35.5. The quantitative estimate of drug-likeness (QED) is 0.529. The maximum atomic E-state index is 13.3. The summed E-state index contributed by atoms with van der Waals surface area (Å²) in [6.07, 6.45) is 2.61. The van der Waals surface area contributed by atoms with Gasteiger partial charge in [0.05, 0.1) is 23.5 Å². The summed E-state index contributed by atoms with van der Waals surface area (Å²) < 4.78 is 32.9. The molecule has 9 heteroatoms. The summed E-state index contributed by atoms with van der Waals surface area (Å²) in [6.45, 7) is 0.408. The van der Waals surface area contributed by atoms with E-state index in [0.717, 1.165) is 0 Å². The molecule has 0 amide bonds. The number of carbonyl (C=O) groups excluding carboxylic acids is 2. The molecule has 7 nitrogen and oxygen atoms in total. The first-order chi connectivity index (χ1) is 13.2. The van der Waals surface area contributed by atoms with Gasteiger partial charge in [0.1, 0.15) is 0 Å². The van der Waals surface area contributed by atoms with Crippen LogP contribution >= 0.6 is 11.6 Å². The van der Waals surface area contributed by atoms with Gasteiger partial charge < -0.3 is 9.64 Å². The number of esters is 1. The van der Waals surface area contributed by atoms with E-state index < -0.39 is 15.3 Å². The van der Waals surface area contributed by atoms with Gasteiger partial charge in [0.2, 0.25) is 10.0 Å². The van der Waals surface area contributed by atoms with Crippen molar-refractivity contribution in [2.45, 2.75) is 36.6 Å². The maximum Gasteiger partial charge on any atom is 0.308 e. The van der Waals surface area contributed by atoms with E-state index in [2.05, 4.69) is 0 Å². The minimum atomic E-state index is -3.76. The average molecular weight is 429 g/mol. The molecule has 154 valence electrons. The summed E-state index contributed by atoms with van der Waals surface area (Å²) in [5, 5.41) is -0.696. The molecular weight excluding hydrogens is 404 g/mol. The number of ether oxygens (including phenoxy) is 1. The largest absolute Gasteiger partial charge is 0.469 e. The van der Waals surface area contributed by atoms with Gasteiger partial charge in [-0.3, -0.25) is 9.59 Å². The summed E-state index contributed by atoms with van der Waals surface area (Å²) in [6, 6.07) is 4.34. The van der Waals surface area contributed by atoms with Crippen molar-refractivity contribution in [1.82, 2.24) is 4.31 Å². The number of hydrogen-bond donors (Lipinski definition) is 0. The number of fused-ring (bicyclic) bond motifs is 1. The van der Waals surface area contributed by atoms with Crippen molar-refractivity contribution in [1.29, 1.82) is 0 Å². The van der Waals surface area contributed by atoms with Crippen LogP contribution in [0.5, 0.6) is 0 Å². The van der Waals surface area contributed by atoms with E-state index in [0.29, 0.717) is 37.9 Å². The number of hydrogen-bond acceptors (Lipinski definition) is 6. The number of rotatable bonds is 5. The zero-order valence-electron chi connectivity index (χ0n) is 16.2. The summed E-state index contributed by atoms with van der Waals surface area (Å²) in [4.78, 5) is 25.4. The van der Waals surface area contributed by atoms with Crippen LogP contribution in [0.4, 0.5) is 5.69 Å². The number of nitrogens with zero attached hydrogens (tertiary/aromatic N) is 2. The van der Waals surface area contributed by atoms with Crippen LogP contribution in [0.2, 0.25) is 0 Å². The third kappa shape index (κ3) is 3.77. The number of sulfonamides is 1. The Hall–Kier alpha value is -1.64. The minimum absolute atomic E-state index is 0.0674. The molecule has 3 atom stereocenters. The van der Waals surface area contributed by atoms with Crippen LogP contribution in [0, 0.1) is 11.8 Å². The summed E-state index contributed by atoms with van der Waals surface area (Å²) in [5.74, 6) is -0.235. The molecule has 1 aromatic carbocycles. The third-order valence-electron chi connectivity index (χ3n) is 5.84. The molecule has 1 aliphatic carbocycles. The third-order valence-corrected chi connectivity index (χ3v) is 7.96. The summed E-state index contributed by atoms with van der Waals surface area (Å²) in [5.41, 5.74) is 0.731. The van der Waals surface area contributed by atoms with E-state index in [4.69, 9.17) is 16.3 Å². The number of methoxy groups -OCH3 is 1. The molecular formula is C19H25ClN2O5S. The van der Waals surface area contributed by atoms with Crippen LogP contribution in [-0.4, -0.2) is 57.7 Å². The van der Waals surface area contributed by atoms with Crippen LogP contribution in [0.25, 0.3) is 0 Å². The Balaban J connectivity index is 1.87. The normalized spacial score (nSPS) is 25.2. The Kier molecular flexibility index (Phi) is 6.03. The van der Waals surface area contributed by atoms with Crippen molar-refractivity contribution in [2.24, 2.45) is 11.8 Å². The van der Waals surface area contributed by atoms with E-state index >= 15 is 0 Å². The zero-order chi connectivity index (χ0) is 20.6. The van der Waals surface area contributed by atoms with E-state index in [1.54, 1.807) is 25.1 Å². The number of anilines is 1. The fraction of sp³-hybridized carbons (Fsp3) is 0.579. The Labute approximate surface area is 170 Å². The van der Waals surface area contributed by atoms with Crippen LogP contribution in [0.15, 0.2) is 23.1 Å². The summed E-state index contributed by atoms with van der Waals surface area (Å²) in [7, 11) is 1.14. The molecule has 1 aromatic rings. The first-order valence-electron chi connectivity index (χ1n) is 9.27. The molecule has 0 N–H and O–H groups in total. The van der Waals surface area contributed by atoms with E-state index in [1.165, 1.54) is 23.5 Å². The monoisotopic (exact) mass is 428 g/mol. The molecule has 0 aromatic heterocycles. The van der Waals surface area contributed by atoms with Gasteiger partial charge in [-0.25, -0.2) is 8.42 Å². The first-order valence-corrected chi connectivity index (χ1v) is 11.1. The number of halogens is 1. The average Bonchev–Trinajstić information content (AvgIpc) is 3.10. The van der Waals surface area contributed by atoms with Crippen molar-refractivity contribution < 1.29 is 22.7 Å².